The topological polar surface area (TPSA) is 71.0 Å². The average molecular weight is 343 g/mol. The van der Waals surface area contributed by atoms with Gasteiger partial charge >= 0.3 is 0 Å². The van der Waals surface area contributed by atoms with Crippen LogP contribution in [-0.4, -0.2) is 25.3 Å². The van der Waals surface area contributed by atoms with Gasteiger partial charge in [0, 0.05) is 11.3 Å². The zero-order chi connectivity index (χ0) is 16.6. The Hall–Kier alpha value is -1.08. The number of allylic oxidation sites excluding steroid dienone is 6. The van der Waals surface area contributed by atoms with Crippen LogP contribution in [0.1, 0.15) is 20.3 Å². The predicted octanol–water partition coefficient (Wildman–Crippen LogP) is 2.62. The summed E-state index contributed by atoms with van der Waals surface area (Å²) in [5.74, 6) is 0.126. The monoisotopic (exact) mass is 342 g/mol. The Morgan fingerprint density at radius 3 is 2.91 bits per heavy atom. The minimum absolute atomic E-state index is 0.208. The van der Waals surface area contributed by atoms with Crippen molar-refractivity contribution in [2.75, 3.05) is 12.3 Å². The highest BCUT2D eigenvalue weighted by Crippen LogP contribution is 2.30. The van der Waals surface area contributed by atoms with Gasteiger partial charge in [-0.05, 0) is 18.9 Å². The van der Waals surface area contributed by atoms with E-state index in [1.165, 1.54) is 0 Å². The van der Waals surface area contributed by atoms with Gasteiger partial charge in [0.2, 0.25) is 0 Å². The summed E-state index contributed by atoms with van der Waals surface area (Å²) < 4.78 is 30.2. The Balaban J connectivity index is 2.71. The molecule has 6 heteroatoms. The van der Waals surface area contributed by atoms with Gasteiger partial charge in [-0.15, -0.1) is 0 Å². The summed E-state index contributed by atoms with van der Waals surface area (Å²) in [7, 11) is -3.88. The quantitative estimate of drug-likeness (QED) is 0.404. The first-order chi connectivity index (χ1) is 10.3. The maximum atomic E-state index is 10.7. The van der Waals surface area contributed by atoms with Crippen LogP contribution in [-0.2, 0) is 10.1 Å². The molecule has 0 fully saturated rings. The lowest BCUT2D eigenvalue weighted by atomic mass is 10.1. The molecule has 1 unspecified atom stereocenters. The zero-order valence-electron chi connectivity index (χ0n) is 13.0. The van der Waals surface area contributed by atoms with Gasteiger partial charge in [-0.2, -0.15) is 8.42 Å². The third-order valence-electron chi connectivity index (χ3n) is 2.95. The lowest BCUT2D eigenvalue weighted by Gasteiger charge is -2.10. The van der Waals surface area contributed by atoms with E-state index in [-0.39, 0.29) is 5.75 Å². The van der Waals surface area contributed by atoms with Crippen LogP contribution in [0.4, 0.5) is 0 Å². The van der Waals surface area contributed by atoms with Crippen molar-refractivity contribution < 1.29 is 18.3 Å². The first kappa shape index (κ1) is 19.0. The molecule has 4 nitrogen and oxygen atoms in total. The fraction of sp³-hybridized carbons (Fsp3) is 0.375. The van der Waals surface area contributed by atoms with E-state index in [0.717, 1.165) is 15.5 Å². The van der Waals surface area contributed by atoms with E-state index in [2.05, 4.69) is 25.7 Å². The van der Waals surface area contributed by atoms with Crippen LogP contribution in [0.5, 0.6) is 0 Å². The summed E-state index contributed by atoms with van der Waals surface area (Å²) in [6, 6.07) is 0. The van der Waals surface area contributed by atoms with E-state index >= 15 is 0 Å². The summed E-state index contributed by atoms with van der Waals surface area (Å²) in [5, 5.41) is 2.01. The van der Waals surface area contributed by atoms with Gasteiger partial charge < -0.3 is 5.32 Å². The fourth-order valence-electron chi connectivity index (χ4n) is 1.95. The molecular formula is C16H24NO3S2+. The number of quaternary nitrogens is 1. The maximum Gasteiger partial charge on any atom is 0.265 e. The normalized spacial score (nSPS) is 19.0. The van der Waals surface area contributed by atoms with Crippen molar-refractivity contribution in [3.05, 3.63) is 58.5 Å². The van der Waals surface area contributed by atoms with Crippen LogP contribution in [0.25, 0.3) is 0 Å². The van der Waals surface area contributed by atoms with E-state index in [9.17, 15) is 8.42 Å². The lowest BCUT2D eigenvalue weighted by Crippen LogP contribution is -2.82. The fourth-order valence-corrected chi connectivity index (χ4v) is 3.52. The van der Waals surface area contributed by atoms with Gasteiger partial charge in [0.25, 0.3) is 10.1 Å². The number of nitrogens with two attached hydrogens (primary N) is 1. The SMILES string of the molecule is C=C(/C=C/C)SC1=CC(C)C=CC=C1[NH2+]CCCS(=O)(=O)O. The Kier molecular flexibility index (Phi) is 7.89. The number of thioether (sulfide) groups is 1. The maximum absolute atomic E-state index is 10.7. The Labute approximate surface area is 137 Å². The highest BCUT2D eigenvalue weighted by atomic mass is 32.2. The molecule has 3 N–H and O–H groups in total. The highest BCUT2D eigenvalue weighted by Gasteiger charge is 2.14. The molecule has 0 saturated carbocycles. The second kappa shape index (κ2) is 9.15. The van der Waals surface area contributed by atoms with E-state index in [1.807, 2.05) is 36.5 Å². The van der Waals surface area contributed by atoms with E-state index in [0.29, 0.717) is 18.9 Å². The minimum Gasteiger partial charge on any atom is -0.313 e. The molecule has 0 radical (unpaired) electrons. The minimum atomic E-state index is -3.88. The van der Waals surface area contributed by atoms with Crippen molar-refractivity contribution in [3.63, 3.8) is 0 Å². The van der Waals surface area contributed by atoms with Gasteiger partial charge in [0.1, 0.15) is 5.70 Å². The van der Waals surface area contributed by atoms with E-state index in [4.69, 9.17) is 4.55 Å². The first-order valence-electron chi connectivity index (χ1n) is 7.20. The van der Waals surface area contributed by atoms with Gasteiger partial charge in [-0.25, -0.2) is 0 Å². The molecule has 1 rings (SSSR count). The van der Waals surface area contributed by atoms with Gasteiger partial charge in [0.05, 0.1) is 17.2 Å². The van der Waals surface area contributed by atoms with Gasteiger partial charge in [0.15, 0.2) is 0 Å². The van der Waals surface area contributed by atoms with Crippen LogP contribution in [0.15, 0.2) is 58.5 Å². The van der Waals surface area contributed by atoms with Crippen LogP contribution < -0.4 is 5.32 Å². The van der Waals surface area contributed by atoms with Crippen molar-refractivity contribution in [1.29, 1.82) is 0 Å². The lowest BCUT2D eigenvalue weighted by molar-refractivity contribution is -0.602. The smallest absolute Gasteiger partial charge is 0.265 e. The van der Waals surface area contributed by atoms with Crippen molar-refractivity contribution in [3.8, 4) is 0 Å². The third kappa shape index (κ3) is 7.79. The molecule has 122 valence electrons. The van der Waals surface area contributed by atoms with Crippen molar-refractivity contribution >= 4 is 21.9 Å². The second-order valence-corrected chi connectivity index (χ2v) is 7.84. The Morgan fingerprint density at radius 2 is 2.27 bits per heavy atom. The third-order valence-corrected chi connectivity index (χ3v) is 4.75. The Morgan fingerprint density at radius 1 is 1.55 bits per heavy atom. The summed E-state index contributed by atoms with van der Waals surface area (Å²) in [4.78, 5) is 2.08. The standard InChI is InChI=1S/C16H23NO3S2/c1-4-7-14(3)21-16-12-13(2)8-5-9-15(16)17-10-6-11-22(18,19)20/h4-5,7-9,12-13,17H,3,6,10-11H2,1-2H3,(H,18,19,20)/p+1/b7-4+. The van der Waals surface area contributed by atoms with Gasteiger partial charge in [-0.3, -0.25) is 4.55 Å². The molecule has 0 aromatic carbocycles. The molecule has 0 aromatic rings. The van der Waals surface area contributed by atoms with Crippen molar-refractivity contribution in [2.24, 2.45) is 5.92 Å². The summed E-state index contributed by atoms with van der Waals surface area (Å²) in [6.07, 6.45) is 12.6. The largest absolute Gasteiger partial charge is 0.313 e. The van der Waals surface area contributed by atoms with Crippen molar-refractivity contribution in [2.45, 2.75) is 20.3 Å². The predicted molar refractivity (Wildman–Crippen MR) is 93.8 cm³/mol. The van der Waals surface area contributed by atoms with E-state index in [1.54, 1.807) is 11.8 Å². The molecule has 0 aromatic heterocycles. The van der Waals surface area contributed by atoms with Crippen molar-refractivity contribution in [1.82, 2.24) is 0 Å². The molecule has 1 aliphatic rings. The highest BCUT2D eigenvalue weighted by molar-refractivity contribution is 8.07. The summed E-state index contributed by atoms with van der Waals surface area (Å²) in [5.41, 5.74) is 1.06. The molecule has 0 spiro atoms. The van der Waals surface area contributed by atoms with Crippen LogP contribution in [0, 0.1) is 5.92 Å². The molecule has 22 heavy (non-hydrogen) atoms. The molecule has 0 aliphatic heterocycles. The van der Waals surface area contributed by atoms with Crippen LogP contribution in [0.2, 0.25) is 0 Å². The summed E-state index contributed by atoms with van der Waals surface area (Å²) in [6.45, 7) is 8.69. The Bertz CT molecular complexity index is 613. The number of hydrogen-bond donors (Lipinski definition) is 2. The second-order valence-electron chi connectivity index (χ2n) is 5.10. The molecule has 0 bridgehead atoms. The molecule has 1 aliphatic carbocycles. The van der Waals surface area contributed by atoms with E-state index < -0.39 is 10.1 Å². The molecule has 0 amide bonds. The molecule has 0 saturated heterocycles. The average Bonchev–Trinajstić information content (AvgIpc) is 2.56. The molecular weight excluding hydrogens is 318 g/mol. The first-order valence-corrected chi connectivity index (χ1v) is 9.63. The summed E-state index contributed by atoms with van der Waals surface area (Å²) >= 11 is 1.61. The number of hydrogen-bond acceptors (Lipinski definition) is 3. The van der Waals surface area contributed by atoms with Crippen LogP contribution in [0.3, 0.4) is 0 Å². The zero-order valence-corrected chi connectivity index (χ0v) is 14.7. The van der Waals surface area contributed by atoms with Crippen LogP contribution >= 0.6 is 11.8 Å². The molecule has 0 heterocycles. The molecule has 1 atom stereocenters. The number of rotatable bonds is 8. The van der Waals surface area contributed by atoms with Gasteiger partial charge in [-0.1, -0.05) is 55.6 Å².